The van der Waals surface area contributed by atoms with Crippen LogP contribution in [0.15, 0.2) is 0 Å². The number of carbonyl (C=O) groups is 2. The highest BCUT2D eigenvalue weighted by Crippen LogP contribution is 2.10. The molecule has 0 amide bonds. The van der Waals surface area contributed by atoms with Gasteiger partial charge in [0.25, 0.3) is 0 Å². The Morgan fingerprint density at radius 1 is 1.20 bits per heavy atom. The Morgan fingerprint density at radius 2 is 1.80 bits per heavy atom. The van der Waals surface area contributed by atoms with Crippen LogP contribution in [0.3, 0.4) is 0 Å². The minimum atomic E-state index is -3.41. The minimum Gasteiger partial charge on any atom is -0.481 e. The Labute approximate surface area is 118 Å². The molecule has 20 heavy (non-hydrogen) atoms. The van der Waals surface area contributed by atoms with Gasteiger partial charge >= 0.3 is 11.9 Å². The van der Waals surface area contributed by atoms with Gasteiger partial charge in [0.15, 0.2) is 0 Å². The molecule has 1 saturated heterocycles. The van der Waals surface area contributed by atoms with E-state index >= 15 is 0 Å². The van der Waals surface area contributed by atoms with Crippen LogP contribution < -0.4 is 0 Å². The molecule has 0 aromatic rings. The van der Waals surface area contributed by atoms with Crippen molar-refractivity contribution in [1.82, 2.24) is 9.21 Å². The number of aliphatic carboxylic acids is 1. The number of carbonyl (C=O) groups excluding carboxylic acids is 1. The summed E-state index contributed by atoms with van der Waals surface area (Å²) in [6.45, 7) is 1.71. The second-order valence-electron chi connectivity index (χ2n) is 4.56. The molecule has 9 heteroatoms. The highest BCUT2D eigenvalue weighted by Gasteiger charge is 2.27. The number of carboxylic acids is 1. The van der Waals surface area contributed by atoms with E-state index in [2.05, 4.69) is 4.74 Å². The fourth-order valence-corrected chi connectivity index (χ4v) is 3.43. The van der Waals surface area contributed by atoms with Gasteiger partial charge < -0.3 is 9.84 Å². The van der Waals surface area contributed by atoms with Crippen molar-refractivity contribution in [3.8, 4) is 0 Å². The highest BCUT2D eigenvalue weighted by molar-refractivity contribution is 7.89. The van der Waals surface area contributed by atoms with Crippen LogP contribution in [0, 0.1) is 0 Å². The summed E-state index contributed by atoms with van der Waals surface area (Å²) < 4.78 is 29.9. The summed E-state index contributed by atoms with van der Waals surface area (Å²) in [4.78, 5) is 23.3. The van der Waals surface area contributed by atoms with Crippen LogP contribution in [0.5, 0.6) is 0 Å². The number of hydrogen-bond donors (Lipinski definition) is 1. The number of ether oxygens (including phenoxy) is 1. The van der Waals surface area contributed by atoms with Crippen molar-refractivity contribution in [1.29, 1.82) is 0 Å². The van der Waals surface area contributed by atoms with E-state index in [1.54, 1.807) is 0 Å². The van der Waals surface area contributed by atoms with Gasteiger partial charge in [-0.25, -0.2) is 8.42 Å². The van der Waals surface area contributed by atoms with Crippen LogP contribution in [0.25, 0.3) is 0 Å². The van der Waals surface area contributed by atoms with Crippen LogP contribution in [0.4, 0.5) is 0 Å². The van der Waals surface area contributed by atoms with Crippen LogP contribution in [-0.4, -0.2) is 80.3 Å². The van der Waals surface area contributed by atoms with Crippen molar-refractivity contribution in [2.75, 3.05) is 45.6 Å². The molecule has 0 aromatic heterocycles. The fraction of sp³-hybridized carbons (Fsp3) is 0.818. The lowest BCUT2D eigenvalue weighted by molar-refractivity contribution is -0.142. The molecular formula is C11H20N2O6S. The van der Waals surface area contributed by atoms with E-state index in [1.165, 1.54) is 11.4 Å². The maximum atomic E-state index is 12.0. The second-order valence-corrected chi connectivity index (χ2v) is 6.65. The number of piperazine rings is 1. The first-order valence-corrected chi connectivity index (χ1v) is 7.95. The Morgan fingerprint density at radius 3 is 2.30 bits per heavy atom. The van der Waals surface area contributed by atoms with Gasteiger partial charge in [-0.15, -0.1) is 0 Å². The first-order valence-electron chi connectivity index (χ1n) is 6.34. The topological polar surface area (TPSA) is 104 Å². The predicted molar refractivity (Wildman–Crippen MR) is 70.7 cm³/mol. The third-order valence-corrected chi connectivity index (χ3v) is 5.05. The summed E-state index contributed by atoms with van der Waals surface area (Å²) in [6, 6.07) is 0. The largest absolute Gasteiger partial charge is 0.481 e. The van der Waals surface area contributed by atoms with Crippen LogP contribution in [0.2, 0.25) is 0 Å². The number of carboxylic acid groups (broad SMARTS) is 1. The second kappa shape index (κ2) is 7.55. The lowest BCUT2D eigenvalue weighted by Gasteiger charge is -2.33. The van der Waals surface area contributed by atoms with Gasteiger partial charge in [-0.2, -0.15) is 4.31 Å². The summed E-state index contributed by atoms with van der Waals surface area (Å²) in [6.07, 6.45) is -0.0401. The standard InChI is InChI=1S/C11H20N2O6S/c1-19-11(16)9-12-4-6-13(7-5-12)20(17,18)8-2-3-10(14)15/h2-9H2,1H3,(H,14,15). The summed E-state index contributed by atoms with van der Waals surface area (Å²) in [7, 11) is -2.10. The lowest BCUT2D eigenvalue weighted by Crippen LogP contribution is -2.50. The Balaban J connectivity index is 2.39. The molecule has 1 N–H and O–H groups in total. The number of methoxy groups -OCH3 is 1. The van der Waals surface area contributed by atoms with Gasteiger partial charge in [-0.1, -0.05) is 0 Å². The van der Waals surface area contributed by atoms with Gasteiger partial charge in [0.05, 0.1) is 19.4 Å². The molecule has 0 aromatic carbocycles. The van der Waals surface area contributed by atoms with Gasteiger partial charge in [0.1, 0.15) is 0 Å². The number of nitrogens with zero attached hydrogens (tertiary/aromatic N) is 2. The number of rotatable bonds is 7. The van der Waals surface area contributed by atoms with Crippen LogP contribution in [-0.2, 0) is 24.3 Å². The van der Waals surface area contributed by atoms with Crippen LogP contribution in [0.1, 0.15) is 12.8 Å². The zero-order valence-electron chi connectivity index (χ0n) is 11.4. The minimum absolute atomic E-state index is 0.111. The van der Waals surface area contributed by atoms with Crippen molar-refractivity contribution in [3.63, 3.8) is 0 Å². The summed E-state index contributed by atoms with van der Waals surface area (Å²) in [5.74, 6) is -1.50. The molecule has 0 aliphatic carbocycles. The predicted octanol–water partition coefficient (Wildman–Crippen LogP) is -1.03. The summed E-state index contributed by atoms with van der Waals surface area (Å²) in [5.41, 5.74) is 0. The molecule has 0 atom stereocenters. The van der Waals surface area contributed by atoms with E-state index in [0.717, 1.165) is 0 Å². The molecule has 1 aliphatic heterocycles. The van der Waals surface area contributed by atoms with Crippen molar-refractivity contribution in [2.45, 2.75) is 12.8 Å². The average molecular weight is 308 g/mol. The molecule has 1 rings (SSSR count). The van der Waals surface area contributed by atoms with E-state index in [1.807, 2.05) is 4.90 Å². The van der Waals surface area contributed by atoms with Crippen LogP contribution >= 0.6 is 0 Å². The molecule has 116 valence electrons. The third-order valence-electron chi connectivity index (χ3n) is 3.10. The summed E-state index contributed by atoms with van der Waals surface area (Å²) >= 11 is 0. The lowest BCUT2D eigenvalue weighted by atomic mass is 10.3. The zero-order valence-corrected chi connectivity index (χ0v) is 12.3. The third kappa shape index (κ3) is 5.43. The van der Waals surface area contributed by atoms with Gasteiger partial charge in [-0.3, -0.25) is 14.5 Å². The molecule has 1 heterocycles. The molecular weight excluding hydrogens is 288 g/mol. The zero-order chi connectivity index (χ0) is 15.2. The highest BCUT2D eigenvalue weighted by atomic mass is 32.2. The van der Waals surface area contributed by atoms with Gasteiger partial charge in [-0.05, 0) is 6.42 Å². The first kappa shape index (κ1) is 16.9. The maximum absolute atomic E-state index is 12.0. The van der Waals surface area contributed by atoms with Crippen molar-refractivity contribution in [3.05, 3.63) is 0 Å². The number of hydrogen-bond acceptors (Lipinski definition) is 6. The Kier molecular flexibility index (Phi) is 6.37. The smallest absolute Gasteiger partial charge is 0.319 e. The maximum Gasteiger partial charge on any atom is 0.319 e. The molecule has 1 aliphatic rings. The number of sulfonamides is 1. The summed E-state index contributed by atoms with van der Waals surface area (Å²) in [5, 5.41) is 8.50. The first-order chi connectivity index (χ1) is 9.35. The molecule has 1 fully saturated rings. The molecule has 0 radical (unpaired) electrons. The molecule has 0 saturated carbocycles. The van der Waals surface area contributed by atoms with Gasteiger partial charge in [0, 0.05) is 32.6 Å². The van der Waals surface area contributed by atoms with Crippen molar-refractivity contribution in [2.24, 2.45) is 0 Å². The average Bonchev–Trinajstić information content (AvgIpc) is 2.38. The molecule has 0 unspecified atom stereocenters. The molecule has 0 bridgehead atoms. The van der Waals surface area contributed by atoms with E-state index in [0.29, 0.717) is 26.2 Å². The van der Waals surface area contributed by atoms with Crippen molar-refractivity contribution < 1.29 is 27.9 Å². The normalized spacial score (nSPS) is 17.9. The van der Waals surface area contributed by atoms with E-state index in [9.17, 15) is 18.0 Å². The Bertz CT molecular complexity index is 442. The fourth-order valence-electron chi connectivity index (χ4n) is 1.95. The van der Waals surface area contributed by atoms with E-state index in [4.69, 9.17) is 5.11 Å². The molecule has 0 spiro atoms. The molecule has 8 nitrogen and oxygen atoms in total. The van der Waals surface area contributed by atoms with E-state index < -0.39 is 16.0 Å². The van der Waals surface area contributed by atoms with Gasteiger partial charge in [0.2, 0.25) is 10.0 Å². The monoisotopic (exact) mass is 308 g/mol. The van der Waals surface area contributed by atoms with E-state index in [-0.39, 0.29) is 31.1 Å². The van der Waals surface area contributed by atoms with Crippen molar-refractivity contribution >= 4 is 22.0 Å². The quantitative estimate of drug-likeness (QED) is 0.600. The Hall–Kier alpha value is -1.19. The number of esters is 1. The SMILES string of the molecule is COC(=O)CN1CCN(S(=O)(=O)CCCC(=O)O)CC1.